The number of hydrogen-bond acceptors (Lipinski definition) is 6. The average molecular weight is 437 g/mol. The van der Waals surface area contributed by atoms with E-state index in [1.807, 2.05) is 24.3 Å². The van der Waals surface area contributed by atoms with Crippen LogP contribution in [0.3, 0.4) is 0 Å². The lowest BCUT2D eigenvalue weighted by molar-refractivity contribution is 0.537. The van der Waals surface area contributed by atoms with Gasteiger partial charge in [-0.1, -0.05) is 36.4 Å². The molecular weight excluding hydrogens is 414 g/mol. The molecule has 9 heteroatoms. The number of nitrogens with one attached hydrogen (secondary N) is 2. The maximum Gasteiger partial charge on any atom is 0.260 e. The highest BCUT2D eigenvalue weighted by Gasteiger charge is 2.10. The third-order valence-electron chi connectivity index (χ3n) is 4.96. The quantitative estimate of drug-likeness (QED) is 0.286. The first kappa shape index (κ1) is 21.1. The molecule has 4 aromatic rings. The van der Waals surface area contributed by atoms with Gasteiger partial charge < -0.3 is 15.6 Å². The number of aromatic amines is 1. The van der Waals surface area contributed by atoms with E-state index in [0.717, 1.165) is 36.2 Å². The van der Waals surface area contributed by atoms with Gasteiger partial charge in [-0.25, -0.2) is 4.98 Å². The maximum absolute atomic E-state index is 12.6. The number of nitrogens with two attached hydrogens (primary N) is 1. The second kappa shape index (κ2) is 9.36. The molecular formula is C22H22N5O3S-. The largest absolute Gasteiger partial charge is 0.768 e. The molecule has 2 aromatic heterocycles. The van der Waals surface area contributed by atoms with Crippen molar-refractivity contribution in [3.8, 4) is 22.4 Å². The molecule has 4 N–H and O–H groups in total. The molecule has 2 aromatic carbocycles. The number of hydrogen-bond donors (Lipinski definition) is 3. The number of H-pyrrole nitrogens is 1. The van der Waals surface area contributed by atoms with Gasteiger partial charge in [-0.3, -0.25) is 18.4 Å². The van der Waals surface area contributed by atoms with Crippen LogP contribution in [0.4, 0.5) is 0 Å². The van der Waals surface area contributed by atoms with Gasteiger partial charge in [-0.2, -0.15) is 0 Å². The van der Waals surface area contributed by atoms with E-state index >= 15 is 0 Å². The Labute approximate surface area is 181 Å². The molecule has 0 amide bonds. The summed E-state index contributed by atoms with van der Waals surface area (Å²) in [4.78, 5) is 20.1. The highest BCUT2D eigenvalue weighted by Crippen LogP contribution is 2.22. The lowest BCUT2D eigenvalue weighted by atomic mass is 10.1. The van der Waals surface area contributed by atoms with Crippen LogP contribution in [0.15, 0.2) is 70.6 Å². The van der Waals surface area contributed by atoms with Crippen LogP contribution < -0.4 is 16.6 Å². The Morgan fingerprint density at radius 3 is 2.45 bits per heavy atom. The van der Waals surface area contributed by atoms with Crippen molar-refractivity contribution in [1.29, 1.82) is 0 Å². The topological polar surface area (TPSA) is 128 Å². The molecule has 1 atom stereocenters. The Morgan fingerprint density at radius 2 is 1.77 bits per heavy atom. The third-order valence-corrected chi connectivity index (χ3v) is 5.62. The molecule has 4 rings (SSSR count). The zero-order valence-corrected chi connectivity index (χ0v) is 17.5. The minimum absolute atomic E-state index is 0.209. The Hall–Kier alpha value is -3.11. The molecule has 0 aliphatic rings. The summed E-state index contributed by atoms with van der Waals surface area (Å²) < 4.78 is 23.8. The fourth-order valence-corrected chi connectivity index (χ4v) is 3.65. The minimum Gasteiger partial charge on any atom is -0.768 e. The second-order valence-electron chi connectivity index (χ2n) is 7.13. The Bertz CT molecular complexity index is 1260. The zero-order valence-electron chi connectivity index (χ0n) is 16.7. The number of imidazole rings is 1. The first-order valence-electron chi connectivity index (χ1n) is 9.87. The molecule has 0 aliphatic heterocycles. The molecule has 0 aliphatic carbocycles. The molecule has 0 saturated heterocycles. The first-order chi connectivity index (χ1) is 15.0. The summed E-state index contributed by atoms with van der Waals surface area (Å²) in [5, 5.41) is 3.33. The monoisotopic (exact) mass is 436 g/mol. The summed E-state index contributed by atoms with van der Waals surface area (Å²) in [5.41, 5.74) is 9.14. The Balaban J connectivity index is 1.59. The van der Waals surface area contributed by atoms with E-state index in [-0.39, 0.29) is 10.5 Å². The van der Waals surface area contributed by atoms with Gasteiger partial charge >= 0.3 is 0 Å². The van der Waals surface area contributed by atoms with Gasteiger partial charge in [-0.05, 0) is 53.9 Å². The molecule has 8 nitrogen and oxygen atoms in total. The molecule has 0 spiro atoms. The van der Waals surface area contributed by atoms with Gasteiger partial charge in [0.05, 0.1) is 11.3 Å². The Morgan fingerprint density at radius 1 is 1.06 bits per heavy atom. The fourth-order valence-electron chi connectivity index (χ4n) is 3.29. The number of rotatable bonds is 8. The highest BCUT2D eigenvalue weighted by atomic mass is 32.2. The van der Waals surface area contributed by atoms with E-state index < -0.39 is 11.1 Å². The number of benzene rings is 2. The zero-order chi connectivity index (χ0) is 21.8. The van der Waals surface area contributed by atoms with Crippen LogP contribution in [0.25, 0.3) is 28.2 Å². The summed E-state index contributed by atoms with van der Waals surface area (Å²) in [6, 6.07) is 14.3. The van der Waals surface area contributed by atoms with E-state index in [9.17, 15) is 13.6 Å². The van der Waals surface area contributed by atoms with Crippen molar-refractivity contribution in [2.45, 2.75) is 17.9 Å². The van der Waals surface area contributed by atoms with Crippen molar-refractivity contribution in [3.63, 3.8) is 0 Å². The summed E-state index contributed by atoms with van der Waals surface area (Å²) in [6.07, 6.45) is 4.48. The third kappa shape index (κ3) is 4.80. The highest BCUT2D eigenvalue weighted by molar-refractivity contribution is 7.79. The molecule has 0 bridgehead atoms. The predicted octanol–water partition coefficient (Wildman–Crippen LogP) is 2.03. The molecule has 0 radical (unpaired) electrons. The average Bonchev–Trinajstić information content (AvgIpc) is 3.19. The van der Waals surface area contributed by atoms with Crippen molar-refractivity contribution in [1.82, 2.24) is 19.7 Å². The van der Waals surface area contributed by atoms with Crippen molar-refractivity contribution in [2.24, 2.45) is 5.73 Å². The molecule has 2 heterocycles. The standard InChI is InChI=1S/C22H23N5O3S/c23-10-1-11-24-12-15-2-4-16(5-3-15)19-13-27-14-20(25-22(27)26-21(19)28)17-6-8-18(9-7-17)31(29)30/h2-9,13-14,24H,1,10-12,23H2,(H,29,30)(H,25,26,28)/p-1. The second-order valence-corrected chi connectivity index (χ2v) is 8.07. The van der Waals surface area contributed by atoms with Gasteiger partial charge in [-0.15, -0.1) is 0 Å². The molecule has 160 valence electrons. The van der Waals surface area contributed by atoms with Crippen LogP contribution in [-0.4, -0.2) is 36.2 Å². The van der Waals surface area contributed by atoms with E-state index in [0.29, 0.717) is 23.6 Å². The predicted molar refractivity (Wildman–Crippen MR) is 119 cm³/mol. The fraction of sp³-hybridized carbons (Fsp3) is 0.182. The van der Waals surface area contributed by atoms with Crippen molar-refractivity contribution in [2.75, 3.05) is 13.1 Å². The van der Waals surface area contributed by atoms with Crippen LogP contribution in [0.1, 0.15) is 12.0 Å². The van der Waals surface area contributed by atoms with Crippen molar-refractivity contribution < 1.29 is 8.76 Å². The Kier molecular flexibility index (Phi) is 6.38. The SMILES string of the molecule is NCCCNCc1ccc(-c2cn3cc(-c4ccc(S(=O)[O-])cc4)nc3[nH]c2=O)cc1. The molecule has 0 fully saturated rings. The summed E-state index contributed by atoms with van der Waals surface area (Å²) >= 11 is -2.27. The molecule has 31 heavy (non-hydrogen) atoms. The van der Waals surface area contributed by atoms with E-state index in [1.54, 1.807) is 28.9 Å². The normalized spacial score (nSPS) is 12.3. The van der Waals surface area contributed by atoms with Crippen LogP contribution in [-0.2, 0) is 17.6 Å². The number of nitrogens with zero attached hydrogens (tertiary/aromatic N) is 2. The summed E-state index contributed by atoms with van der Waals surface area (Å²) in [6.45, 7) is 2.29. The smallest absolute Gasteiger partial charge is 0.260 e. The maximum atomic E-state index is 12.6. The van der Waals surface area contributed by atoms with Crippen LogP contribution in [0, 0.1) is 0 Å². The van der Waals surface area contributed by atoms with Crippen molar-refractivity contribution in [3.05, 3.63) is 76.8 Å². The molecule has 1 unspecified atom stereocenters. The van der Waals surface area contributed by atoms with Crippen LogP contribution >= 0.6 is 0 Å². The number of fused-ring (bicyclic) bond motifs is 1. The summed E-state index contributed by atoms with van der Waals surface area (Å²) in [5.74, 6) is 0.418. The van der Waals surface area contributed by atoms with Crippen molar-refractivity contribution >= 4 is 16.9 Å². The minimum atomic E-state index is -2.27. The van der Waals surface area contributed by atoms with Gasteiger partial charge in [0.15, 0.2) is 0 Å². The lowest BCUT2D eigenvalue weighted by Crippen LogP contribution is -2.17. The first-order valence-corrected chi connectivity index (χ1v) is 10.9. The van der Waals surface area contributed by atoms with Crippen LogP contribution in [0.5, 0.6) is 0 Å². The van der Waals surface area contributed by atoms with Gasteiger partial charge in [0.1, 0.15) is 0 Å². The molecule has 0 saturated carbocycles. The van der Waals surface area contributed by atoms with E-state index in [4.69, 9.17) is 5.73 Å². The van der Waals surface area contributed by atoms with Gasteiger partial charge in [0.25, 0.3) is 5.56 Å². The van der Waals surface area contributed by atoms with Gasteiger partial charge in [0.2, 0.25) is 5.78 Å². The van der Waals surface area contributed by atoms with E-state index in [1.165, 1.54) is 12.1 Å². The number of aromatic nitrogens is 3. The van der Waals surface area contributed by atoms with Crippen LogP contribution in [0.2, 0.25) is 0 Å². The van der Waals surface area contributed by atoms with Gasteiger partial charge in [0, 0.05) is 29.4 Å². The summed E-state index contributed by atoms with van der Waals surface area (Å²) in [7, 11) is 0. The lowest BCUT2D eigenvalue weighted by Gasteiger charge is -2.06. The van der Waals surface area contributed by atoms with E-state index in [2.05, 4.69) is 15.3 Å².